The van der Waals surface area contributed by atoms with Crippen LogP contribution in [-0.4, -0.2) is 23.0 Å². The van der Waals surface area contributed by atoms with Crippen LogP contribution in [-0.2, 0) is 6.54 Å². The van der Waals surface area contributed by atoms with Crippen LogP contribution in [0.4, 0.5) is 0 Å². The van der Waals surface area contributed by atoms with Gasteiger partial charge >= 0.3 is 0 Å². The Bertz CT molecular complexity index is 623. The summed E-state index contributed by atoms with van der Waals surface area (Å²) in [5, 5.41) is 12.6. The summed E-state index contributed by atoms with van der Waals surface area (Å²) >= 11 is 0. The maximum Gasteiger partial charge on any atom is 0.253 e. The number of hydrogen-bond acceptors (Lipinski definition) is 4. The van der Waals surface area contributed by atoms with Crippen LogP contribution in [0, 0.1) is 18.3 Å². The topological polar surface area (TPSA) is 70.1 Å². The van der Waals surface area contributed by atoms with Crippen molar-refractivity contribution in [2.45, 2.75) is 13.5 Å². The number of amides is 1. The molecule has 1 aromatic carbocycles. The summed E-state index contributed by atoms with van der Waals surface area (Å²) in [4.78, 5) is 13.7. The Labute approximate surface area is 111 Å². The summed E-state index contributed by atoms with van der Waals surface area (Å²) in [5.41, 5.74) is 1.79. The smallest absolute Gasteiger partial charge is 0.253 e. The fraction of sp³-hybridized carbons (Fsp3) is 0.214. The third-order valence-electron chi connectivity index (χ3n) is 2.68. The molecular formula is C14H13N3O2. The molecule has 1 amide bonds. The first-order valence-electron chi connectivity index (χ1n) is 5.78. The molecule has 1 heterocycles. The minimum atomic E-state index is -0.120. The molecule has 0 saturated heterocycles. The van der Waals surface area contributed by atoms with Crippen LogP contribution in [0.2, 0.25) is 0 Å². The van der Waals surface area contributed by atoms with E-state index in [1.54, 1.807) is 49.2 Å². The predicted molar refractivity (Wildman–Crippen MR) is 68.2 cm³/mol. The Hall–Kier alpha value is -2.61. The van der Waals surface area contributed by atoms with Gasteiger partial charge in [0, 0.05) is 18.7 Å². The van der Waals surface area contributed by atoms with E-state index in [0.29, 0.717) is 29.1 Å². The molecule has 0 atom stereocenters. The maximum atomic E-state index is 12.1. The first kappa shape index (κ1) is 12.8. The van der Waals surface area contributed by atoms with Crippen LogP contribution < -0.4 is 0 Å². The number of aryl methyl sites for hydroxylation is 1. The van der Waals surface area contributed by atoms with Gasteiger partial charge in [0.25, 0.3) is 5.91 Å². The number of rotatable bonds is 3. The molecule has 0 fully saturated rings. The average molecular weight is 255 g/mol. The molecule has 0 aliphatic heterocycles. The Morgan fingerprint density at radius 1 is 1.42 bits per heavy atom. The second kappa shape index (κ2) is 5.36. The molecule has 0 spiro atoms. The van der Waals surface area contributed by atoms with Crippen molar-refractivity contribution in [1.82, 2.24) is 10.1 Å². The van der Waals surface area contributed by atoms with Gasteiger partial charge in [-0.05, 0) is 31.2 Å². The Balaban J connectivity index is 2.08. The lowest BCUT2D eigenvalue weighted by Crippen LogP contribution is -2.26. The summed E-state index contributed by atoms with van der Waals surface area (Å²) < 4.78 is 4.96. The van der Waals surface area contributed by atoms with E-state index in [-0.39, 0.29) is 5.91 Å². The highest BCUT2D eigenvalue weighted by Crippen LogP contribution is 2.10. The standard InChI is InChI=1S/C14H13N3O2/c1-10-7-13(16-19-10)9-17(2)14(18)12-5-3-11(8-15)4-6-12/h3-7H,9H2,1-2H3. The average Bonchev–Trinajstić information content (AvgIpc) is 2.83. The number of carbonyl (C=O) groups is 1. The zero-order valence-electron chi connectivity index (χ0n) is 10.8. The van der Waals surface area contributed by atoms with Crippen molar-refractivity contribution < 1.29 is 9.32 Å². The van der Waals surface area contributed by atoms with E-state index in [1.807, 2.05) is 6.07 Å². The summed E-state index contributed by atoms with van der Waals surface area (Å²) in [6.07, 6.45) is 0. The number of aromatic nitrogens is 1. The molecule has 19 heavy (non-hydrogen) atoms. The molecule has 0 aliphatic rings. The molecule has 5 nitrogen and oxygen atoms in total. The van der Waals surface area contributed by atoms with E-state index in [4.69, 9.17) is 9.78 Å². The van der Waals surface area contributed by atoms with Crippen molar-refractivity contribution in [2.24, 2.45) is 0 Å². The number of nitrogens with zero attached hydrogens (tertiary/aromatic N) is 3. The lowest BCUT2D eigenvalue weighted by atomic mass is 10.1. The van der Waals surface area contributed by atoms with Crippen LogP contribution in [0.1, 0.15) is 27.4 Å². The molecule has 5 heteroatoms. The van der Waals surface area contributed by atoms with E-state index >= 15 is 0 Å². The molecule has 0 unspecified atom stereocenters. The maximum absolute atomic E-state index is 12.1. The lowest BCUT2D eigenvalue weighted by Gasteiger charge is -2.15. The van der Waals surface area contributed by atoms with E-state index in [1.165, 1.54) is 0 Å². The molecule has 0 aliphatic carbocycles. The fourth-order valence-corrected chi connectivity index (χ4v) is 1.71. The molecule has 0 N–H and O–H groups in total. The fourth-order valence-electron chi connectivity index (χ4n) is 1.71. The van der Waals surface area contributed by atoms with Crippen molar-refractivity contribution in [3.05, 3.63) is 52.9 Å². The first-order chi connectivity index (χ1) is 9.10. The van der Waals surface area contributed by atoms with Gasteiger partial charge in [0.15, 0.2) is 0 Å². The summed E-state index contributed by atoms with van der Waals surface area (Å²) in [5.74, 6) is 0.597. The minimum Gasteiger partial charge on any atom is -0.361 e. The summed E-state index contributed by atoms with van der Waals surface area (Å²) in [7, 11) is 1.70. The van der Waals surface area contributed by atoms with Gasteiger partial charge < -0.3 is 9.42 Å². The van der Waals surface area contributed by atoms with Gasteiger partial charge in [-0.3, -0.25) is 4.79 Å². The summed E-state index contributed by atoms with van der Waals surface area (Å²) in [6.45, 7) is 2.19. The first-order valence-corrected chi connectivity index (χ1v) is 5.78. The van der Waals surface area contributed by atoms with Gasteiger partial charge in [-0.2, -0.15) is 5.26 Å². The zero-order chi connectivity index (χ0) is 13.8. The van der Waals surface area contributed by atoms with E-state index < -0.39 is 0 Å². The molecular weight excluding hydrogens is 242 g/mol. The molecule has 1 aromatic heterocycles. The van der Waals surface area contributed by atoms with Gasteiger partial charge in [0.1, 0.15) is 11.5 Å². The summed E-state index contributed by atoms with van der Waals surface area (Å²) in [6, 6.07) is 10.4. The van der Waals surface area contributed by atoms with Gasteiger partial charge in [-0.1, -0.05) is 5.16 Å². The van der Waals surface area contributed by atoms with Crippen LogP contribution in [0.25, 0.3) is 0 Å². The largest absolute Gasteiger partial charge is 0.361 e. The number of hydrogen-bond donors (Lipinski definition) is 0. The second-order valence-electron chi connectivity index (χ2n) is 4.28. The molecule has 0 saturated carbocycles. The zero-order valence-corrected chi connectivity index (χ0v) is 10.8. The highest BCUT2D eigenvalue weighted by molar-refractivity contribution is 5.94. The molecule has 0 radical (unpaired) electrons. The highest BCUT2D eigenvalue weighted by atomic mass is 16.5. The van der Waals surface area contributed by atoms with Crippen molar-refractivity contribution in [2.75, 3.05) is 7.05 Å². The second-order valence-corrected chi connectivity index (χ2v) is 4.28. The predicted octanol–water partition coefficient (Wildman–Crippen LogP) is 2.13. The Morgan fingerprint density at radius 3 is 2.63 bits per heavy atom. The van der Waals surface area contributed by atoms with Gasteiger partial charge in [0.2, 0.25) is 0 Å². The third kappa shape index (κ3) is 2.99. The molecule has 2 aromatic rings. The van der Waals surface area contributed by atoms with Crippen LogP contribution in [0.15, 0.2) is 34.9 Å². The van der Waals surface area contributed by atoms with Gasteiger partial charge in [0.05, 0.1) is 18.2 Å². The van der Waals surface area contributed by atoms with Crippen molar-refractivity contribution in [3.63, 3.8) is 0 Å². The molecule has 2 rings (SSSR count). The van der Waals surface area contributed by atoms with Gasteiger partial charge in [-0.25, -0.2) is 0 Å². The van der Waals surface area contributed by atoms with Crippen LogP contribution >= 0.6 is 0 Å². The Morgan fingerprint density at radius 2 is 2.11 bits per heavy atom. The third-order valence-corrected chi connectivity index (χ3v) is 2.68. The minimum absolute atomic E-state index is 0.120. The monoisotopic (exact) mass is 255 g/mol. The van der Waals surface area contributed by atoms with Gasteiger partial charge in [-0.15, -0.1) is 0 Å². The van der Waals surface area contributed by atoms with E-state index in [9.17, 15) is 4.79 Å². The Kier molecular flexibility index (Phi) is 3.62. The quantitative estimate of drug-likeness (QED) is 0.842. The highest BCUT2D eigenvalue weighted by Gasteiger charge is 2.13. The van der Waals surface area contributed by atoms with E-state index in [2.05, 4.69) is 5.16 Å². The van der Waals surface area contributed by atoms with E-state index in [0.717, 1.165) is 0 Å². The van der Waals surface area contributed by atoms with Crippen LogP contribution in [0.5, 0.6) is 0 Å². The van der Waals surface area contributed by atoms with Crippen molar-refractivity contribution in [1.29, 1.82) is 5.26 Å². The molecule has 0 bridgehead atoms. The number of nitriles is 1. The lowest BCUT2D eigenvalue weighted by molar-refractivity contribution is 0.0782. The molecule has 96 valence electrons. The normalized spacial score (nSPS) is 9.95. The van der Waals surface area contributed by atoms with Crippen LogP contribution in [0.3, 0.4) is 0 Å². The number of benzene rings is 1. The van der Waals surface area contributed by atoms with Crippen molar-refractivity contribution >= 4 is 5.91 Å². The SMILES string of the molecule is Cc1cc(CN(C)C(=O)c2ccc(C#N)cc2)no1. The number of carbonyl (C=O) groups excluding carboxylic acids is 1. The van der Waals surface area contributed by atoms with Crippen molar-refractivity contribution in [3.8, 4) is 6.07 Å².